The molecular weight excluding hydrogens is 718 g/mol. The highest BCUT2D eigenvalue weighted by atomic mass is 79.9. The third kappa shape index (κ3) is 4.17. The highest BCUT2D eigenvalue weighted by molar-refractivity contribution is 9.13. The minimum atomic E-state index is -1.44. The van der Waals surface area contributed by atoms with Gasteiger partial charge in [-0.15, -0.1) is 0 Å². The number of nitrogens with one attached hydrogen (secondary N) is 1. The molecule has 0 spiro atoms. The Morgan fingerprint density at radius 1 is 0.935 bits per heavy atom. The lowest BCUT2D eigenvalue weighted by atomic mass is 9.49. The largest absolute Gasteiger partial charge is 0.503 e. The zero-order valence-electron chi connectivity index (χ0n) is 25.3. The molecule has 2 aliphatic carbocycles. The number of benzene rings is 3. The standard InChI is InChI=1S/C35H31Br2N3O6/c1-17-9-11-19(12-10-17)38-40-32(43)24-15-22-20(13-14-21-26(22)33(44)39(2)31(21)42)27(23-16-25(46-3)30(41)29(37)28(23)36)35(24,34(40)45)18-7-5-4-6-8-18/h4-13,16,21-22,24,26-27,38,41H,14-15H2,1-3H3. The Kier molecular flexibility index (Phi) is 7.39. The minimum absolute atomic E-state index is 0.122. The fourth-order valence-electron chi connectivity index (χ4n) is 8.23. The van der Waals surface area contributed by atoms with Crippen molar-refractivity contribution in [2.75, 3.05) is 19.6 Å². The molecule has 11 heteroatoms. The SMILES string of the molecule is COc1cc(C2C3=CCC4C(=O)N(C)C(=O)C4C3CC3C(=O)N(Nc4ccc(C)cc4)C(=O)C32c2ccccc2)c(Br)c(Br)c1O. The summed E-state index contributed by atoms with van der Waals surface area (Å²) in [5, 5.41) is 12.0. The number of aryl methyl sites for hydroxylation is 1. The number of phenols is 1. The normalized spacial score (nSPS) is 28.5. The number of rotatable bonds is 5. The number of anilines is 1. The number of fused-ring (bicyclic) bond motifs is 4. The number of ether oxygens (including phenoxy) is 1. The van der Waals surface area contributed by atoms with E-state index in [1.165, 1.54) is 19.1 Å². The fraction of sp³-hybridized carbons (Fsp3) is 0.314. The van der Waals surface area contributed by atoms with E-state index < -0.39 is 46.8 Å². The van der Waals surface area contributed by atoms with Crippen LogP contribution in [0.4, 0.5) is 5.69 Å². The van der Waals surface area contributed by atoms with Gasteiger partial charge in [-0.05, 0) is 86.9 Å². The summed E-state index contributed by atoms with van der Waals surface area (Å²) in [6, 6.07) is 18.4. The number of phenolic OH excluding ortho intramolecular Hbond substituents is 1. The topological polar surface area (TPSA) is 116 Å². The molecule has 3 fully saturated rings. The van der Waals surface area contributed by atoms with E-state index in [1.54, 1.807) is 6.07 Å². The maximum absolute atomic E-state index is 15.2. The van der Waals surface area contributed by atoms with Crippen LogP contribution >= 0.6 is 31.9 Å². The van der Waals surface area contributed by atoms with Crippen LogP contribution in [0.1, 0.15) is 35.4 Å². The highest BCUT2D eigenvalue weighted by Crippen LogP contribution is 2.65. The molecule has 2 saturated heterocycles. The van der Waals surface area contributed by atoms with Gasteiger partial charge in [0, 0.05) is 17.4 Å². The lowest BCUT2D eigenvalue weighted by Gasteiger charge is -2.51. The van der Waals surface area contributed by atoms with Gasteiger partial charge in [-0.25, -0.2) is 0 Å². The average Bonchev–Trinajstić information content (AvgIpc) is 3.42. The molecular formula is C35H31Br2N3O6. The minimum Gasteiger partial charge on any atom is -0.503 e. The average molecular weight is 749 g/mol. The fourth-order valence-corrected chi connectivity index (χ4v) is 9.18. The van der Waals surface area contributed by atoms with E-state index >= 15 is 4.79 Å². The van der Waals surface area contributed by atoms with Crippen molar-refractivity contribution in [3.8, 4) is 11.5 Å². The molecule has 6 atom stereocenters. The van der Waals surface area contributed by atoms with Gasteiger partial charge < -0.3 is 9.84 Å². The van der Waals surface area contributed by atoms with Crippen molar-refractivity contribution < 1.29 is 29.0 Å². The molecule has 0 radical (unpaired) electrons. The van der Waals surface area contributed by atoms with Crippen molar-refractivity contribution in [3.05, 3.63) is 97.9 Å². The molecule has 6 unspecified atom stereocenters. The first-order chi connectivity index (χ1) is 22.0. The number of aromatic hydroxyl groups is 1. The first-order valence-electron chi connectivity index (χ1n) is 15.1. The van der Waals surface area contributed by atoms with Crippen LogP contribution < -0.4 is 10.2 Å². The number of allylic oxidation sites excluding steroid dienone is 2. The van der Waals surface area contributed by atoms with Gasteiger partial charge in [0.25, 0.3) is 11.8 Å². The van der Waals surface area contributed by atoms with Crippen LogP contribution in [0.25, 0.3) is 0 Å². The van der Waals surface area contributed by atoms with Crippen molar-refractivity contribution in [2.45, 2.75) is 31.1 Å². The van der Waals surface area contributed by atoms with E-state index in [-0.39, 0.29) is 29.7 Å². The zero-order chi connectivity index (χ0) is 32.7. The van der Waals surface area contributed by atoms with Gasteiger partial charge in [0.2, 0.25) is 11.8 Å². The lowest BCUT2D eigenvalue weighted by molar-refractivity contribution is -0.140. The second-order valence-electron chi connectivity index (χ2n) is 12.5. The van der Waals surface area contributed by atoms with E-state index in [2.05, 4.69) is 37.3 Å². The number of hydrogen-bond acceptors (Lipinski definition) is 7. The summed E-state index contributed by atoms with van der Waals surface area (Å²) in [6.07, 6.45) is 2.53. The molecule has 3 aromatic rings. The van der Waals surface area contributed by atoms with Gasteiger partial charge in [0.05, 0.1) is 40.4 Å². The molecule has 46 heavy (non-hydrogen) atoms. The van der Waals surface area contributed by atoms with E-state index in [9.17, 15) is 19.5 Å². The van der Waals surface area contributed by atoms with Crippen molar-refractivity contribution in [1.29, 1.82) is 0 Å². The van der Waals surface area contributed by atoms with Crippen LogP contribution in [0.15, 0.2) is 81.3 Å². The van der Waals surface area contributed by atoms with Crippen LogP contribution in [0.3, 0.4) is 0 Å². The molecule has 4 amide bonds. The molecule has 3 aromatic carbocycles. The summed E-state index contributed by atoms with van der Waals surface area (Å²) >= 11 is 7.20. The number of carbonyl (C=O) groups is 4. The second kappa shape index (κ2) is 11.1. The Bertz CT molecular complexity index is 1840. The predicted molar refractivity (Wildman–Crippen MR) is 177 cm³/mol. The van der Waals surface area contributed by atoms with Gasteiger partial charge in [-0.2, -0.15) is 5.01 Å². The Labute approximate surface area is 282 Å². The lowest BCUT2D eigenvalue weighted by Crippen LogP contribution is -2.53. The number of imide groups is 2. The molecule has 9 nitrogen and oxygen atoms in total. The molecule has 0 aromatic heterocycles. The first-order valence-corrected chi connectivity index (χ1v) is 16.6. The number of carbonyl (C=O) groups excluding carboxylic acids is 4. The van der Waals surface area contributed by atoms with E-state index in [0.717, 1.165) is 16.1 Å². The molecule has 2 aliphatic heterocycles. The van der Waals surface area contributed by atoms with Crippen LogP contribution in [0.5, 0.6) is 11.5 Å². The number of hydrogen-bond donors (Lipinski definition) is 2. The number of amides is 4. The number of hydrazine groups is 1. The van der Waals surface area contributed by atoms with Crippen molar-refractivity contribution in [1.82, 2.24) is 9.91 Å². The summed E-state index contributed by atoms with van der Waals surface area (Å²) in [6.45, 7) is 1.95. The zero-order valence-corrected chi connectivity index (χ0v) is 28.5. The van der Waals surface area contributed by atoms with E-state index in [4.69, 9.17) is 4.74 Å². The van der Waals surface area contributed by atoms with Crippen LogP contribution in [-0.2, 0) is 24.6 Å². The quantitative estimate of drug-likeness (QED) is 0.249. The summed E-state index contributed by atoms with van der Waals surface area (Å²) in [7, 11) is 2.95. The van der Waals surface area contributed by atoms with Crippen LogP contribution in [0, 0.1) is 30.6 Å². The third-order valence-electron chi connectivity index (χ3n) is 10.3. The molecule has 4 aliphatic rings. The van der Waals surface area contributed by atoms with Crippen molar-refractivity contribution in [2.24, 2.45) is 23.7 Å². The maximum Gasteiger partial charge on any atom is 0.260 e. The number of nitrogens with zero attached hydrogens (tertiary/aromatic N) is 2. The van der Waals surface area contributed by atoms with Gasteiger partial charge >= 0.3 is 0 Å². The smallest absolute Gasteiger partial charge is 0.260 e. The number of methoxy groups -OCH3 is 1. The summed E-state index contributed by atoms with van der Waals surface area (Å²) in [5.74, 6) is -4.60. The predicted octanol–water partition coefficient (Wildman–Crippen LogP) is 5.85. The summed E-state index contributed by atoms with van der Waals surface area (Å²) in [4.78, 5) is 57.9. The van der Waals surface area contributed by atoms with Crippen LogP contribution in [0.2, 0.25) is 0 Å². The highest BCUT2D eigenvalue weighted by Gasteiger charge is 2.70. The maximum atomic E-state index is 15.2. The molecule has 236 valence electrons. The number of likely N-dealkylation sites (tertiary alicyclic amines) is 1. The third-order valence-corrected chi connectivity index (χ3v) is 12.5. The monoisotopic (exact) mass is 747 g/mol. The van der Waals surface area contributed by atoms with E-state index in [1.807, 2.05) is 67.6 Å². The molecule has 2 heterocycles. The summed E-state index contributed by atoms with van der Waals surface area (Å²) in [5.41, 5.74) is 5.34. The second-order valence-corrected chi connectivity index (χ2v) is 14.1. The van der Waals surface area contributed by atoms with Gasteiger partial charge in [-0.3, -0.25) is 29.5 Å². The van der Waals surface area contributed by atoms with Crippen molar-refractivity contribution >= 4 is 61.2 Å². The Hall–Kier alpha value is -3.96. The Morgan fingerprint density at radius 3 is 2.30 bits per heavy atom. The molecule has 2 N–H and O–H groups in total. The van der Waals surface area contributed by atoms with Crippen molar-refractivity contribution in [3.63, 3.8) is 0 Å². The Morgan fingerprint density at radius 2 is 1.63 bits per heavy atom. The number of halogens is 2. The first kappa shape index (κ1) is 30.7. The van der Waals surface area contributed by atoms with Gasteiger partial charge in [0.15, 0.2) is 11.5 Å². The van der Waals surface area contributed by atoms with Crippen LogP contribution in [-0.4, -0.2) is 52.8 Å². The molecule has 1 saturated carbocycles. The van der Waals surface area contributed by atoms with Gasteiger partial charge in [0.1, 0.15) is 0 Å². The Balaban J connectivity index is 1.51. The van der Waals surface area contributed by atoms with E-state index in [0.29, 0.717) is 32.2 Å². The van der Waals surface area contributed by atoms with Gasteiger partial charge in [-0.1, -0.05) is 59.7 Å². The molecule has 0 bridgehead atoms. The molecule has 7 rings (SSSR count). The summed E-state index contributed by atoms with van der Waals surface area (Å²) < 4.78 is 6.39.